The van der Waals surface area contributed by atoms with Crippen LogP contribution in [0.4, 0.5) is 4.79 Å². The van der Waals surface area contributed by atoms with Crippen molar-refractivity contribution in [1.29, 1.82) is 0 Å². The van der Waals surface area contributed by atoms with E-state index in [2.05, 4.69) is 17.6 Å². The molecule has 2 N–H and O–H groups in total. The number of imide groups is 1. The van der Waals surface area contributed by atoms with Gasteiger partial charge in [-0.15, -0.1) is 0 Å². The summed E-state index contributed by atoms with van der Waals surface area (Å²) in [5.74, 6) is -0.293. The van der Waals surface area contributed by atoms with Gasteiger partial charge in [-0.2, -0.15) is 0 Å². The zero-order chi connectivity index (χ0) is 13.1. The quantitative estimate of drug-likeness (QED) is 0.599. The summed E-state index contributed by atoms with van der Waals surface area (Å²) in [5, 5.41) is 4.78. The lowest BCUT2D eigenvalue weighted by molar-refractivity contribution is -0.120. The maximum absolute atomic E-state index is 11.4. The number of ether oxygens (including phenoxy) is 1. The summed E-state index contributed by atoms with van der Waals surface area (Å²) in [5.41, 5.74) is 0. The van der Waals surface area contributed by atoms with Crippen LogP contribution in [-0.2, 0) is 9.53 Å². The van der Waals surface area contributed by atoms with Gasteiger partial charge in [0.2, 0.25) is 5.91 Å². The molecule has 0 atom stereocenters. The van der Waals surface area contributed by atoms with Gasteiger partial charge in [0, 0.05) is 13.7 Å². The summed E-state index contributed by atoms with van der Waals surface area (Å²) in [4.78, 5) is 24.5. The van der Waals surface area contributed by atoms with E-state index in [1.54, 1.807) is 7.11 Å². The molecule has 0 fully saturated rings. The third-order valence-corrected chi connectivity index (χ3v) is 2.15. The molecule has 0 aliphatic heterocycles. The molecule has 0 heterocycles. The van der Waals surface area contributed by atoms with Crippen LogP contribution in [0.2, 0.25) is 0 Å². The van der Waals surface area contributed by atoms with Crippen molar-refractivity contribution in [2.75, 3.05) is 40.4 Å². The van der Waals surface area contributed by atoms with E-state index in [4.69, 9.17) is 4.74 Å². The number of unbranched alkanes of at least 4 members (excludes halogenated alkanes) is 1. The van der Waals surface area contributed by atoms with Gasteiger partial charge in [0.05, 0.1) is 13.2 Å². The van der Waals surface area contributed by atoms with E-state index in [1.807, 2.05) is 11.9 Å². The van der Waals surface area contributed by atoms with Gasteiger partial charge >= 0.3 is 6.03 Å². The maximum atomic E-state index is 11.4. The molecule has 0 aromatic rings. The molecule has 0 spiro atoms. The molecular formula is C11H23N3O3. The number of amides is 3. The molecule has 100 valence electrons. The molecule has 0 aromatic carbocycles. The van der Waals surface area contributed by atoms with Gasteiger partial charge in [-0.3, -0.25) is 15.0 Å². The topological polar surface area (TPSA) is 70.7 Å². The molecule has 0 aromatic heterocycles. The number of urea groups is 1. The van der Waals surface area contributed by atoms with Crippen molar-refractivity contribution in [1.82, 2.24) is 15.5 Å². The highest BCUT2D eigenvalue weighted by atomic mass is 16.5. The van der Waals surface area contributed by atoms with Crippen molar-refractivity contribution in [3.8, 4) is 0 Å². The Labute approximate surface area is 103 Å². The van der Waals surface area contributed by atoms with Crippen LogP contribution in [0.5, 0.6) is 0 Å². The molecular weight excluding hydrogens is 222 g/mol. The molecule has 0 aliphatic rings. The van der Waals surface area contributed by atoms with Crippen LogP contribution in [0.3, 0.4) is 0 Å². The van der Waals surface area contributed by atoms with E-state index < -0.39 is 6.03 Å². The molecule has 0 rings (SSSR count). The Morgan fingerprint density at radius 2 is 2.06 bits per heavy atom. The first kappa shape index (κ1) is 15.9. The van der Waals surface area contributed by atoms with Gasteiger partial charge in [0.1, 0.15) is 0 Å². The zero-order valence-corrected chi connectivity index (χ0v) is 10.9. The minimum atomic E-state index is -0.476. The predicted octanol–water partition coefficient (Wildman–Crippen LogP) is 0.191. The van der Waals surface area contributed by atoms with Crippen LogP contribution >= 0.6 is 0 Å². The fourth-order valence-electron chi connectivity index (χ4n) is 1.23. The van der Waals surface area contributed by atoms with Gasteiger partial charge in [0.15, 0.2) is 0 Å². The molecule has 0 saturated heterocycles. The second kappa shape index (κ2) is 10.0. The summed E-state index contributed by atoms with van der Waals surface area (Å²) >= 11 is 0. The Morgan fingerprint density at radius 3 is 2.65 bits per heavy atom. The Bertz CT molecular complexity index is 234. The van der Waals surface area contributed by atoms with E-state index in [9.17, 15) is 9.59 Å². The zero-order valence-electron chi connectivity index (χ0n) is 10.9. The molecule has 3 amide bonds. The lowest BCUT2D eigenvalue weighted by Crippen LogP contribution is -2.44. The molecule has 6 nitrogen and oxygen atoms in total. The first-order valence-corrected chi connectivity index (χ1v) is 5.85. The minimum absolute atomic E-state index is 0.234. The fourth-order valence-corrected chi connectivity index (χ4v) is 1.23. The first-order valence-electron chi connectivity index (χ1n) is 5.85. The van der Waals surface area contributed by atoms with Crippen LogP contribution in [0.1, 0.15) is 19.8 Å². The van der Waals surface area contributed by atoms with E-state index in [0.29, 0.717) is 13.2 Å². The lowest BCUT2D eigenvalue weighted by atomic mass is 10.3. The third kappa shape index (κ3) is 9.77. The van der Waals surface area contributed by atoms with Crippen LogP contribution in [0.15, 0.2) is 0 Å². The number of nitrogens with zero attached hydrogens (tertiary/aromatic N) is 1. The van der Waals surface area contributed by atoms with Crippen LogP contribution < -0.4 is 10.6 Å². The first-order chi connectivity index (χ1) is 8.10. The maximum Gasteiger partial charge on any atom is 0.321 e. The van der Waals surface area contributed by atoms with Crippen molar-refractivity contribution >= 4 is 11.9 Å². The molecule has 0 bridgehead atoms. The Morgan fingerprint density at radius 1 is 1.35 bits per heavy atom. The van der Waals surface area contributed by atoms with Crippen molar-refractivity contribution in [3.05, 3.63) is 0 Å². The number of carbonyl (C=O) groups excluding carboxylic acids is 2. The number of methoxy groups -OCH3 is 1. The number of rotatable bonds is 8. The summed E-state index contributed by atoms with van der Waals surface area (Å²) in [6.07, 6.45) is 2.13. The molecule has 0 saturated carbocycles. The Hall–Kier alpha value is -1.14. The molecule has 0 aliphatic carbocycles. The number of carbonyl (C=O) groups is 2. The SMILES string of the molecule is CCCCN(C)CC(=O)NC(=O)NCCOC. The average Bonchev–Trinajstić information content (AvgIpc) is 2.26. The number of hydrogen-bond acceptors (Lipinski definition) is 4. The molecule has 17 heavy (non-hydrogen) atoms. The number of nitrogens with one attached hydrogen (secondary N) is 2. The van der Waals surface area contributed by atoms with E-state index in [0.717, 1.165) is 19.4 Å². The van der Waals surface area contributed by atoms with Gasteiger partial charge in [0.25, 0.3) is 0 Å². The minimum Gasteiger partial charge on any atom is -0.383 e. The smallest absolute Gasteiger partial charge is 0.321 e. The van der Waals surface area contributed by atoms with E-state index in [-0.39, 0.29) is 12.5 Å². The molecule has 6 heteroatoms. The summed E-state index contributed by atoms with van der Waals surface area (Å²) in [7, 11) is 3.41. The summed E-state index contributed by atoms with van der Waals surface area (Å²) in [6.45, 7) is 4.00. The van der Waals surface area contributed by atoms with Crippen LogP contribution in [-0.4, -0.2) is 57.2 Å². The van der Waals surface area contributed by atoms with Crippen LogP contribution in [0.25, 0.3) is 0 Å². The fraction of sp³-hybridized carbons (Fsp3) is 0.818. The molecule has 0 unspecified atom stereocenters. The molecule has 0 radical (unpaired) electrons. The monoisotopic (exact) mass is 245 g/mol. The van der Waals surface area contributed by atoms with Crippen molar-refractivity contribution < 1.29 is 14.3 Å². The third-order valence-electron chi connectivity index (χ3n) is 2.15. The summed E-state index contributed by atoms with van der Waals surface area (Å²) < 4.78 is 4.77. The Balaban J connectivity index is 3.66. The number of hydrogen-bond donors (Lipinski definition) is 2. The van der Waals surface area contributed by atoms with Gasteiger partial charge < -0.3 is 10.1 Å². The van der Waals surface area contributed by atoms with E-state index in [1.165, 1.54) is 0 Å². The van der Waals surface area contributed by atoms with E-state index >= 15 is 0 Å². The highest BCUT2D eigenvalue weighted by Gasteiger charge is 2.09. The standard InChI is InChI=1S/C11H23N3O3/c1-4-5-7-14(2)9-10(15)13-11(16)12-6-8-17-3/h4-9H2,1-3H3,(H2,12,13,15,16). The predicted molar refractivity (Wildman–Crippen MR) is 65.8 cm³/mol. The average molecular weight is 245 g/mol. The van der Waals surface area contributed by atoms with Crippen LogP contribution in [0, 0.1) is 0 Å². The second-order valence-corrected chi connectivity index (χ2v) is 3.89. The number of likely N-dealkylation sites (N-methyl/N-ethyl adjacent to an activating group) is 1. The Kier molecular flexibility index (Phi) is 9.37. The highest BCUT2D eigenvalue weighted by molar-refractivity contribution is 5.95. The second-order valence-electron chi connectivity index (χ2n) is 3.89. The largest absolute Gasteiger partial charge is 0.383 e. The lowest BCUT2D eigenvalue weighted by Gasteiger charge is -2.15. The van der Waals surface area contributed by atoms with Gasteiger partial charge in [-0.05, 0) is 20.0 Å². The van der Waals surface area contributed by atoms with Crippen molar-refractivity contribution in [2.45, 2.75) is 19.8 Å². The highest BCUT2D eigenvalue weighted by Crippen LogP contribution is 1.90. The van der Waals surface area contributed by atoms with Gasteiger partial charge in [-0.25, -0.2) is 4.79 Å². The van der Waals surface area contributed by atoms with Crippen molar-refractivity contribution in [3.63, 3.8) is 0 Å². The summed E-state index contributed by atoms with van der Waals surface area (Å²) in [6, 6.07) is -0.476. The normalized spacial score (nSPS) is 10.4. The van der Waals surface area contributed by atoms with Gasteiger partial charge in [-0.1, -0.05) is 13.3 Å². The van der Waals surface area contributed by atoms with Crippen molar-refractivity contribution in [2.24, 2.45) is 0 Å².